The van der Waals surface area contributed by atoms with Crippen molar-refractivity contribution in [1.29, 1.82) is 0 Å². The van der Waals surface area contributed by atoms with E-state index in [1.165, 1.54) is 0 Å². The van der Waals surface area contributed by atoms with Gasteiger partial charge in [0.15, 0.2) is 0 Å². The van der Waals surface area contributed by atoms with Crippen LogP contribution in [0.1, 0.15) is 38.8 Å². The van der Waals surface area contributed by atoms with Crippen LogP contribution in [-0.4, -0.2) is 10.9 Å². The van der Waals surface area contributed by atoms with E-state index in [0.29, 0.717) is 6.54 Å². The van der Waals surface area contributed by atoms with Crippen LogP contribution in [0.15, 0.2) is 22.8 Å². The number of halogens is 1. The van der Waals surface area contributed by atoms with Gasteiger partial charge in [-0.15, -0.1) is 0 Å². The first-order valence-corrected chi connectivity index (χ1v) is 6.81. The van der Waals surface area contributed by atoms with Crippen molar-refractivity contribution < 1.29 is 4.79 Å². The fourth-order valence-corrected chi connectivity index (χ4v) is 1.92. The average molecular weight is 299 g/mol. The molecule has 1 aromatic heterocycles. The maximum atomic E-state index is 11.8. The topological polar surface area (TPSA) is 42.0 Å². The summed E-state index contributed by atoms with van der Waals surface area (Å²) >= 11 is 3.38. The molecular formula is C13H19BrN2O. The molecule has 0 saturated carbocycles. The molecule has 1 unspecified atom stereocenters. The summed E-state index contributed by atoms with van der Waals surface area (Å²) < 4.78 is 0.982. The van der Waals surface area contributed by atoms with Crippen LogP contribution in [0.4, 0.5) is 0 Å². The Balaban J connectivity index is 2.37. The van der Waals surface area contributed by atoms with E-state index >= 15 is 0 Å². The van der Waals surface area contributed by atoms with Crippen molar-refractivity contribution in [2.75, 3.05) is 0 Å². The van der Waals surface area contributed by atoms with E-state index in [1.54, 1.807) is 6.20 Å². The number of aromatic nitrogens is 1. The smallest absolute Gasteiger partial charge is 0.223 e. The van der Waals surface area contributed by atoms with Crippen LogP contribution < -0.4 is 5.32 Å². The number of hydrogen-bond donors (Lipinski definition) is 1. The van der Waals surface area contributed by atoms with E-state index in [9.17, 15) is 4.79 Å². The molecule has 4 heteroatoms. The highest BCUT2D eigenvalue weighted by Gasteiger charge is 2.11. The second-order valence-electron chi connectivity index (χ2n) is 4.23. The van der Waals surface area contributed by atoms with Gasteiger partial charge < -0.3 is 5.32 Å². The van der Waals surface area contributed by atoms with Gasteiger partial charge in [-0.3, -0.25) is 9.78 Å². The predicted octanol–water partition coefficient (Wildman–Crippen LogP) is 3.29. The number of amides is 1. The second-order valence-corrected chi connectivity index (χ2v) is 5.14. The maximum absolute atomic E-state index is 11.8. The quantitative estimate of drug-likeness (QED) is 0.876. The summed E-state index contributed by atoms with van der Waals surface area (Å²) in [6.07, 6.45) is 4.91. The first-order valence-electron chi connectivity index (χ1n) is 6.01. The zero-order valence-corrected chi connectivity index (χ0v) is 12.0. The van der Waals surface area contributed by atoms with Gasteiger partial charge >= 0.3 is 0 Å². The van der Waals surface area contributed by atoms with Gasteiger partial charge in [0.2, 0.25) is 5.91 Å². The van der Waals surface area contributed by atoms with E-state index in [4.69, 9.17) is 0 Å². The van der Waals surface area contributed by atoms with Crippen molar-refractivity contribution in [2.45, 2.75) is 39.7 Å². The Morgan fingerprint density at radius 2 is 2.35 bits per heavy atom. The van der Waals surface area contributed by atoms with Crippen molar-refractivity contribution >= 4 is 21.8 Å². The molecule has 1 aromatic rings. The molecule has 17 heavy (non-hydrogen) atoms. The summed E-state index contributed by atoms with van der Waals surface area (Å²) in [6, 6.07) is 3.78. The molecule has 0 spiro atoms. The summed E-state index contributed by atoms with van der Waals surface area (Å²) in [7, 11) is 0. The van der Waals surface area contributed by atoms with Gasteiger partial charge in [0.05, 0.1) is 12.2 Å². The molecule has 3 nitrogen and oxygen atoms in total. The summed E-state index contributed by atoms with van der Waals surface area (Å²) in [5.41, 5.74) is 0.871. The standard InChI is InChI=1S/C13H19BrN2O/c1-3-4-5-10(2)13(17)16-9-12-8-11(14)6-7-15-12/h6-8,10H,3-5,9H2,1-2H3,(H,16,17). The lowest BCUT2D eigenvalue weighted by molar-refractivity contribution is -0.124. The lowest BCUT2D eigenvalue weighted by atomic mass is 10.0. The molecule has 0 aromatic carbocycles. The number of nitrogens with zero attached hydrogens (tertiary/aromatic N) is 1. The number of rotatable bonds is 6. The minimum atomic E-state index is 0.0853. The number of nitrogens with one attached hydrogen (secondary N) is 1. The molecule has 0 radical (unpaired) electrons. The third-order valence-corrected chi connectivity index (χ3v) is 3.15. The summed E-state index contributed by atoms with van der Waals surface area (Å²) in [5, 5.41) is 2.91. The predicted molar refractivity (Wildman–Crippen MR) is 72.5 cm³/mol. The summed E-state index contributed by atoms with van der Waals surface area (Å²) in [4.78, 5) is 15.9. The van der Waals surface area contributed by atoms with Crippen LogP contribution >= 0.6 is 15.9 Å². The number of unbranched alkanes of at least 4 members (excludes halogenated alkanes) is 1. The van der Waals surface area contributed by atoms with E-state index in [1.807, 2.05) is 19.1 Å². The monoisotopic (exact) mass is 298 g/mol. The van der Waals surface area contributed by atoms with Crippen molar-refractivity contribution in [1.82, 2.24) is 10.3 Å². The Morgan fingerprint density at radius 1 is 1.59 bits per heavy atom. The molecule has 0 aliphatic carbocycles. The van der Waals surface area contributed by atoms with Crippen molar-refractivity contribution in [3.63, 3.8) is 0 Å². The van der Waals surface area contributed by atoms with E-state index in [2.05, 4.69) is 33.2 Å². The SMILES string of the molecule is CCCCC(C)C(=O)NCc1cc(Br)ccn1. The minimum absolute atomic E-state index is 0.0853. The molecule has 0 bridgehead atoms. The first kappa shape index (κ1) is 14.2. The van der Waals surface area contributed by atoms with E-state index in [0.717, 1.165) is 29.4 Å². The molecule has 0 fully saturated rings. The molecule has 0 saturated heterocycles. The number of pyridine rings is 1. The summed E-state index contributed by atoms with van der Waals surface area (Å²) in [6.45, 7) is 4.60. The van der Waals surface area contributed by atoms with Gasteiger partial charge in [-0.05, 0) is 18.6 Å². The Morgan fingerprint density at radius 3 is 3.00 bits per heavy atom. The first-order chi connectivity index (χ1) is 8.13. The van der Waals surface area contributed by atoms with Gasteiger partial charge in [-0.1, -0.05) is 42.6 Å². The Kier molecular flexibility index (Phi) is 6.19. The third kappa shape index (κ3) is 5.31. The van der Waals surface area contributed by atoms with Gasteiger partial charge in [0.1, 0.15) is 0 Å². The number of carbonyl (C=O) groups is 1. The summed E-state index contributed by atoms with van der Waals surface area (Å²) in [5.74, 6) is 0.197. The largest absolute Gasteiger partial charge is 0.350 e. The van der Waals surface area contributed by atoms with Crippen LogP contribution in [0.25, 0.3) is 0 Å². The fourth-order valence-electron chi connectivity index (χ4n) is 1.54. The van der Waals surface area contributed by atoms with Gasteiger partial charge in [-0.25, -0.2) is 0 Å². The number of hydrogen-bond acceptors (Lipinski definition) is 2. The zero-order valence-electron chi connectivity index (χ0n) is 10.4. The molecule has 94 valence electrons. The van der Waals surface area contributed by atoms with Gasteiger partial charge in [0, 0.05) is 16.6 Å². The number of carbonyl (C=O) groups excluding carboxylic acids is 1. The van der Waals surface area contributed by atoms with Crippen molar-refractivity contribution in [3.8, 4) is 0 Å². The fraction of sp³-hybridized carbons (Fsp3) is 0.538. The highest BCUT2D eigenvalue weighted by Crippen LogP contribution is 2.10. The van der Waals surface area contributed by atoms with Crippen molar-refractivity contribution in [3.05, 3.63) is 28.5 Å². The molecule has 1 amide bonds. The van der Waals surface area contributed by atoms with Crippen LogP contribution in [-0.2, 0) is 11.3 Å². The van der Waals surface area contributed by atoms with Crippen LogP contribution in [0, 0.1) is 5.92 Å². The van der Waals surface area contributed by atoms with Gasteiger partial charge in [0.25, 0.3) is 0 Å². The lowest BCUT2D eigenvalue weighted by Crippen LogP contribution is -2.29. The van der Waals surface area contributed by atoms with E-state index < -0.39 is 0 Å². The van der Waals surface area contributed by atoms with Crippen LogP contribution in [0.5, 0.6) is 0 Å². The van der Waals surface area contributed by atoms with E-state index in [-0.39, 0.29) is 11.8 Å². The second kappa shape index (κ2) is 7.43. The molecule has 1 atom stereocenters. The molecular weight excluding hydrogens is 280 g/mol. The molecule has 1 N–H and O–H groups in total. The van der Waals surface area contributed by atoms with Gasteiger partial charge in [-0.2, -0.15) is 0 Å². The highest BCUT2D eigenvalue weighted by molar-refractivity contribution is 9.10. The third-order valence-electron chi connectivity index (χ3n) is 2.66. The maximum Gasteiger partial charge on any atom is 0.223 e. The minimum Gasteiger partial charge on any atom is -0.350 e. The molecule has 1 heterocycles. The zero-order chi connectivity index (χ0) is 12.7. The normalized spacial score (nSPS) is 12.2. The Labute approximate surface area is 111 Å². The molecule has 0 aliphatic heterocycles. The molecule has 0 aliphatic rings. The molecule has 1 rings (SSSR count). The van der Waals surface area contributed by atoms with Crippen LogP contribution in [0.3, 0.4) is 0 Å². The lowest BCUT2D eigenvalue weighted by Gasteiger charge is -2.11. The average Bonchev–Trinajstić information content (AvgIpc) is 2.33. The van der Waals surface area contributed by atoms with Crippen molar-refractivity contribution in [2.24, 2.45) is 5.92 Å². The Bertz CT molecular complexity index is 368. The highest BCUT2D eigenvalue weighted by atomic mass is 79.9. The Hall–Kier alpha value is -0.900. The van der Waals surface area contributed by atoms with Crippen LogP contribution in [0.2, 0.25) is 0 Å².